The zero-order chi connectivity index (χ0) is 13.5. The van der Waals surface area contributed by atoms with E-state index in [1.54, 1.807) is 4.68 Å². The fraction of sp³-hybridized carbons (Fsp3) is 0.308. The van der Waals surface area contributed by atoms with Gasteiger partial charge in [-0.05, 0) is 5.56 Å². The van der Waals surface area contributed by atoms with Gasteiger partial charge in [0.15, 0.2) is 5.66 Å². The van der Waals surface area contributed by atoms with Gasteiger partial charge in [-0.2, -0.15) is 9.66 Å². The lowest BCUT2D eigenvalue weighted by atomic mass is 9.89. The van der Waals surface area contributed by atoms with E-state index in [0.717, 1.165) is 5.56 Å². The Bertz CT molecular complexity index is 648. The van der Waals surface area contributed by atoms with Crippen molar-refractivity contribution in [2.75, 3.05) is 10.7 Å². The van der Waals surface area contributed by atoms with E-state index in [0.29, 0.717) is 5.95 Å². The molecular formula is C13H16N6. The van der Waals surface area contributed by atoms with Gasteiger partial charge in [-0.1, -0.05) is 44.2 Å². The second-order valence-electron chi connectivity index (χ2n) is 4.92. The van der Waals surface area contributed by atoms with Gasteiger partial charge in [0.1, 0.15) is 6.33 Å². The Labute approximate surface area is 111 Å². The average Bonchev–Trinajstić information content (AvgIpc) is 2.82. The van der Waals surface area contributed by atoms with Crippen LogP contribution in [0.25, 0.3) is 0 Å². The molecule has 3 N–H and O–H groups in total. The number of nitrogens with zero attached hydrogens (tertiary/aromatic N) is 3. The lowest BCUT2D eigenvalue weighted by Crippen LogP contribution is -2.47. The minimum Gasteiger partial charge on any atom is -0.326 e. The van der Waals surface area contributed by atoms with Crippen molar-refractivity contribution >= 4 is 5.95 Å². The molecule has 6 nitrogen and oxygen atoms in total. The highest BCUT2D eigenvalue weighted by Crippen LogP contribution is 2.34. The van der Waals surface area contributed by atoms with Crippen molar-refractivity contribution in [2.24, 2.45) is 5.92 Å². The number of nitrogens with one attached hydrogen (secondary N) is 3. The number of hydrogen-bond donors (Lipinski definition) is 3. The molecule has 98 valence electrons. The highest BCUT2D eigenvalue weighted by Gasteiger charge is 2.41. The minimum absolute atomic E-state index is 0.135. The van der Waals surface area contributed by atoms with E-state index in [9.17, 15) is 0 Å². The fourth-order valence-electron chi connectivity index (χ4n) is 2.37. The third-order valence-electron chi connectivity index (χ3n) is 3.48. The van der Waals surface area contributed by atoms with Crippen LogP contribution in [-0.4, -0.2) is 14.6 Å². The summed E-state index contributed by atoms with van der Waals surface area (Å²) in [4.78, 5) is 8.07. The molecule has 1 unspecified atom stereocenters. The van der Waals surface area contributed by atoms with Crippen LogP contribution < -0.4 is 16.4 Å². The van der Waals surface area contributed by atoms with Gasteiger partial charge in [0.2, 0.25) is 11.6 Å². The first kappa shape index (κ1) is 11.7. The van der Waals surface area contributed by atoms with Crippen LogP contribution in [0.4, 0.5) is 5.95 Å². The van der Waals surface area contributed by atoms with E-state index < -0.39 is 5.66 Å². The Morgan fingerprint density at radius 2 is 1.95 bits per heavy atom. The molecule has 0 spiro atoms. The Hall–Kier alpha value is -2.37. The summed E-state index contributed by atoms with van der Waals surface area (Å²) in [6.45, 7) is 4.24. The molecule has 1 aromatic carbocycles. The van der Waals surface area contributed by atoms with Crippen LogP contribution in [0.5, 0.6) is 0 Å². The standard InChI is InChI=1S/C13H16N6/c1-9(2)13(10-6-4-3-5-7-10)17-12-16-8-15-11(14)19(12)18-13/h3-9,18H,1-2H3,(H2,14,15,16,17). The monoisotopic (exact) mass is 256 g/mol. The normalized spacial score (nSPS) is 20.8. The number of hydrogen-bond acceptors (Lipinski definition) is 5. The van der Waals surface area contributed by atoms with E-state index in [2.05, 4.69) is 46.7 Å². The summed E-state index contributed by atoms with van der Waals surface area (Å²) in [5.41, 5.74) is 4.09. The summed E-state index contributed by atoms with van der Waals surface area (Å²) in [6, 6.07) is 10.1. The molecule has 1 aliphatic rings. The van der Waals surface area contributed by atoms with Crippen LogP contribution in [0.1, 0.15) is 19.4 Å². The third-order valence-corrected chi connectivity index (χ3v) is 3.48. The van der Waals surface area contributed by atoms with Crippen LogP contribution >= 0.6 is 0 Å². The molecule has 1 atom stereocenters. The van der Waals surface area contributed by atoms with E-state index in [1.165, 1.54) is 6.33 Å². The molecule has 3 rings (SSSR count). The highest BCUT2D eigenvalue weighted by atomic mass is 15.6. The molecule has 6 heteroatoms. The highest BCUT2D eigenvalue weighted by molar-refractivity contribution is 5.45. The molecule has 2 heterocycles. The van der Waals surface area contributed by atoms with Gasteiger partial charge in [-0.3, -0.25) is 10.8 Å². The third kappa shape index (κ3) is 1.68. The van der Waals surface area contributed by atoms with Gasteiger partial charge in [-0.15, -0.1) is 0 Å². The molecule has 2 aromatic rings. The van der Waals surface area contributed by atoms with Gasteiger partial charge in [0, 0.05) is 5.92 Å². The van der Waals surface area contributed by atoms with E-state index in [1.807, 2.05) is 18.2 Å². The van der Waals surface area contributed by atoms with Crippen LogP contribution in [0.15, 0.2) is 36.7 Å². The second kappa shape index (κ2) is 4.08. The van der Waals surface area contributed by atoms with Gasteiger partial charge < -0.3 is 5.32 Å². The van der Waals surface area contributed by atoms with E-state index >= 15 is 0 Å². The fourth-order valence-corrected chi connectivity index (χ4v) is 2.37. The van der Waals surface area contributed by atoms with Gasteiger partial charge in [-0.25, -0.2) is 4.98 Å². The lowest BCUT2D eigenvalue weighted by Gasteiger charge is -2.34. The van der Waals surface area contributed by atoms with Crippen molar-refractivity contribution in [1.82, 2.24) is 14.6 Å². The molecule has 0 saturated heterocycles. The minimum atomic E-state index is -0.472. The van der Waals surface area contributed by atoms with Gasteiger partial charge in [0.05, 0.1) is 0 Å². The molecule has 19 heavy (non-hydrogen) atoms. The molecule has 0 aliphatic carbocycles. The summed E-state index contributed by atoms with van der Waals surface area (Å²) in [5.74, 6) is 0.869. The first-order chi connectivity index (χ1) is 9.13. The van der Waals surface area contributed by atoms with Crippen molar-refractivity contribution in [2.45, 2.75) is 19.5 Å². The van der Waals surface area contributed by atoms with Crippen molar-refractivity contribution in [3.05, 3.63) is 47.8 Å². The Morgan fingerprint density at radius 1 is 1.21 bits per heavy atom. The number of fused-ring (bicyclic) bond motifs is 1. The molecule has 0 bridgehead atoms. The molecule has 0 radical (unpaired) electrons. The number of rotatable bonds is 2. The predicted octanol–water partition coefficient (Wildman–Crippen LogP) is 1.24. The summed E-state index contributed by atoms with van der Waals surface area (Å²) >= 11 is 0. The summed E-state index contributed by atoms with van der Waals surface area (Å²) in [6.07, 6.45) is 1.39. The van der Waals surface area contributed by atoms with Crippen molar-refractivity contribution in [3.8, 4) is 0 Å². The Kier molecular flexibility index (Phi) is 2.51. The average molecular weight is 256 g/mol. The quantitative estimate of drug-likeness (QED) is 0.755. The van der Waals surface area contributed by atoms with Crippen LogP contribution in [0.2, 0.25) is 0 Å². The largest absolute Gasteiger partial charge is 0.326 e. The van der Waals surface area contributed by atoms with Crippen molar-refractivity contribution < 1.29 is 0 Å². The summed E-state index contributed by atoms with van der Waals surface area (Å²) in [7, 11) is 0. The van der Waals surface area contributed by atoms with E-state index in [4.69, 9.17) is 5.41 Å². The predicted molar refractivity (Wildman–Crippen MR) is 71.8 cm³/mol. The van der Waals surface area contributed by atoms with Crippen LogP contribution in [0, 0.1) is 11.3 Å². The Balaban J connectivity index is 2.13. The maximum Gasteiger partial charge on any atom is 0.245 e. The molecular weight excluding hydrogens is 240 g/mol. The SMILES string of the molecule is CC(C)C1(c2ccccc2)Nc2ncnc(=N)n2N1. The number of anilines is 1. The molecule has 0 fully saturated rings. The van der Waals surface area contributed by atoms with Crippen LogP contribution in [0.3, 0.4) is 0 Å². The molecule has 1 aliphatic heterocycles. The van der Waals surface area contributed by atoms with Gasteiger partial charge >= 0.3 is 0 Å². The first-order valence-corrected chi connectivity index (χ1v) is 6.24. The number of aromatic nitrogens is 3. The second-order valence-corrected chi connectivity index (χ2v) is 4.92. The lowest BCUT2D eigenvalue weighted by molar-refractivity contribution is 0.387. The van der Waals surface area contributed by atoms with E-state index in [-0.39, 0.29) is 11.5 Å². The smallest absolute Gasteiger partial charge is 0.245 e. The molecule has 0 amide bonds. The first-order valence-electron chi connectivity index (χ1n) is 6.24. The molecule has 1 aromatic heterocycles. The number of benzene rings is 1. The maximum atomic E-state index is 7.84. The zero-order valence-electron chi connectivity index (χ0n) is 10.9. The van der Waals surface area contributed by atoms with Gasteiger partial charge in [0.25, 0.3) is 0 Å². The Morgan fingerprint density at radius 3 is 2.58 bits per heavy atom. The van der Waals surface area contributed by atoms with Crippen LogP contribution in [-0.2, 0) is 5.66 Å². The zero-order valence-corrected chi connectivity index (χ0v) is 10.9. The summed E-state index contributed by atoms with van der Waals surface area (Å²) < 4.78 is 1.58. The maximum absolute atomic E-state index is 7.84. The molecule has 0 saturated carbocycles. The summed E-state index contributed by atoms with van der Waals surface area (Å²) in [5, 5.41) is 11.2. The van der Waals surface area contributed by atoms with Crippen molar-refractivity contribution in [1.29, 1.82) is 5.41 Å². The topological polar surface area (TPSA) is 78.6 Å². The van der Waals surface area contributed by atoms with Crippen molar-refractivity contribution in [3.63, 3.8) is 0 Å².